The molecule has 0 bridgehead atoms. The van der Waals surface area contributed by atoms with Crippen LogP contribution >= 0.6 is 0 Å². The largest absolute Gasteiger partial charge is 0.480 e. The molecule has 3 rings (SSSR count). The third kappa shape index (κ3) is 23.4. The summed E-state index contributed by atoms with van der Waals surface area (Å²) in [6.07, 6.45) is 1.36. The number of likely N-dealkylation sites (N-methyl/N-ethyl adjacent to an activating group) is 2. The van der Waals surface area contributed by atoms with Crippen LogP contribution in [0.15, 0.2) is 54.6 Å². The van der Waals surface area contributed by atoms with E-state index in [1.165, 1.54) is 31.1 Å². The van der Waals surface area contributed by atoms with E-state index in [0.717, 1.165) is 5.56 Å². The zero-order valence-electron chi connectivity index (χ0n) is 55.1. The molecule has 504 valence electrons. The number of benzene rings is 2. The fraction of sp³-hybridized carbons (Fsp3) is 0.656. The number of hydrogen-bond donors (Lipinski definition) is 10. The van der Waals surface area contributed by atoms with Crippen LogP contribution < -0.4 is 49.1 Å². The van der Waals surface area contributed by atoms with E-state index < -0.39 is 132 Å². The maximum absolute atomic E-state index is 14.8. The number of nitrogens with one attached hydrogen (secondary N) is 6. The molecule has 90 heavy (non-hydrogen) atoms. The fourth-order valence-corrected chi connectivity index (χ4v) is 11.3. The molecule has 2 aromatic carbocycles. The summed E-state index contributed by atoms with van der Waals surface area (Å²) < 4.78 is 17.7. The number of carbonyl (C=O) groups is 10. The summed E-state index contributed by atoms with van der Waals surface area (Å²) in [4.78, 5) is 139. The summed E-state index contributed by atoms with van der Waals surface area (Å²) in [6.45, 7) is 16.9. The lowest BCUT2D eigenvalue weighted by atomic mass is 9.89. The summed E-state index contributed by atoms with van der Waals surface area (Å²) in [5.41, 5.74) is 18.5. The van der Waals surface area contributed by atoms with Crippen molar-refractivity contribution >= 4 is 65.1 Å². The molecule has 0 radical (unpaired) electrons. The van der Waals surface area contributed by atoms with Crippen LogP contribution in [-0.4, -0.2) is 188 Å². The van der Waals surface area contributed by atoms with Gasteiger partial charge >= 0.3 is 18.1 Å². The van der Waals surface area contributed by atoms with Crippen LogP contribution in [0.1, 0.15) is 131 Å². The van der Waals surface area contributed by atoms with Crippen molar-refractivity contribution in [3.8, 4) is 0 Å². The summed E-state index contributed by atoms with van der Waals surface area (Å²) >= 11 is 0. The zero-order valence-corrected chi connectivity index (χ0v) is 55.1. The number of hydrogen-bond acceptors (Lipinski definition) is 15. The van der Waals surface area contributed by atoms with Gasteiger partial charge in [-0.2, -0.15) is 0 Å². The number of urea groups is 1. The molecule has 1 heterocycles. The number of nitrogens with two attached hydrogens (primary N) is 3. The molecule has 1 aliphatic heterocycles. The van der Waals surface area contributed by atoms with Crippen LogP contribution in [0.2, 0.25) is 0 Å². The highest BCUT2D eigenvalue weighted by Crippen LogP contribution is 2.30. The number of carbonyl (C=O) groups excluding carboxylic acids is 9. The number of likely N-dealkylation sites (tertiary alicyclic amines) is 1. The molecule has 13 N–H and O–H groups in total. The molecule has 0 spiro atoms. The SMILES string of the molecule is CC[C@H](C)[C@@H]([C@@H](CC(=O)N1CCC[C@H]1[C@H](OC)[C@@H](C)C(=O)N[C@@H](Cc1ccccc1)C(=O)O)OC)N(C)C(=O)[C@@H](NC(=O)C(C(C)C)N(C)C(=O)OCc1ccc(NC(=O)C(CCCNC(N)=O)NC(=O)C(NC(=O)C(N)CCCCN)C(C)C)cc1)C(C)C. The number of carboxylic acid groups (broad SMARTS) is 1. The lowest BCUT2D eigenvalue weighted by Crippen LogP contribution is -2.60. The molecule has 0 aromatic heterocycles. The molecule has 4 unspecified atom stereocenters. The van der Waals surface area contributed by atoms with Gasteiger partial charge in [0.15, 0.2) is 0 Å². The van der Waals surface area contributed by atoms with Crippen molar-refractivity contribution in [1.82, 2.24) is 41.3 Å². The van der Waals surface area contributed by atoms with E-state index >= 15 is 0 Å². The van der Waals surface area contributed by atoms with Gasteiger partial charge in [-0.3, -0.25) is 38.5 Å². The highest BCUT2D eigenvalue weighted by atomic mass is 16.6. The van der Waals surface area contributed by atoms with E-state index in [0.29, 0.717) is 62.9 Å². The maximum atomic E-state index is 14.8. The van der Waals surface area contributed by atoms with Crippen molar-refractivity contribution in [2.75, 3.05) is 53.3 Å². The van der Waals surface area contributed by atoms with Gasteiger partial charge in [-0.1, -0.05) is 118 Å². The molecule has 0 aliphatic carbocycles. The lowest BCUT2D eigenvalue weighted by molar-refractivity contribution is -0.148. The number of ether oxygens (including phenoxy) is 3. The number of aliphatic carboxylic acids is 1. The Morgan fingerprint density at radius 1 is 0.700 bits per heavy atom. The number of methoxy groups -OCH3 is 2. The normalized spacial score (nSPS) is 16.8. The van der Waals surface area contributed by atoms with Crippen LogP contribution in [-0.2, 0) is 65.6 Å². The van der Waals surface area contributed by atoms with E-state index in [1.807, 2.05) is 19.9 Å². The first-order valence-corrected chi connectivity index (χ1v) is 31.4. The van der Waals surface area contributed by atoms with Gasteiger partial charge in [0.1, 0.15) is 36.8 Å². The minimum Gasteiger partial charge on any atom is -0.480 e. The van der Waals surface area contributed by atoms with Gasteiger partial charge < -0.3 is 78.2 Å². The number of amides is 10. The number of carboxylic acids is 1. The molecule has 2 aromatic rings. The van der Waals surface area contributed by atoms with Crippen molar-refractivity contribution in [2.45, 2.75) is 194 Å². The molecule has 1 fully saturated rings. The molecule has 12 atom stereocenters. The van der Waals surface area contributed by atoms with Gasteiger partial charge in [-0.25, -0.2) is 14.4 Å². The fourth-order valence-electron chi connectivity index (χ4n) is 11.3. The third-order valence-electron chi connectivity index (χ3n) is 16.7. The minimum absolute atomic E-state index is 0.0791. The quantitative estimate of drug-likeness (QED) is 0.0429. The van der Waals surface area contributed by atoms with Gasteiger partial charge in [0.2, 0.25) is 41.4 Å². The van der Waals surface area contributed by atoms with Crippen molar-refractivity contribution in [3.63, 3.8) is 0 Å². The van der Waals surface area contributed by atoms with E-state index in [2.05, 4.69) is 31.9 Å². The van der Waals surface area contributed by atoms with E-state index in [-0.39, 0.29) is 56.6 Å². The van der Waals surface area contributed by atoms with Gasteiger partial charge in [0.05, 0.1) is 42.7 Å². The predicted octanol–water partition coefficient (Wildman–Crippen LogP) is 3.62. The highest BCUT2D eigenvalue weighted by Gasteiger charge is 2.44. The molecule has 1 aliphatic rings. The average molecular weight is 1270 g/mol. The maximum Gasteiger partial charge on any atom is 0.410 e. The Kier molecular flexibility index (Phi) is 32.7. The standard InChI is InChI=1S/C64H104N12O14/c1-14-40(8)54(49(88-12)35-50(77)76-33-21-26-48(76)55(89-13)41(9)56(78)71-47(62(84)85)34-42-22-16-15-17-23-42)74(10)61(83)52(38(4)5)73-60(82)53(39(6)7)75(11)64(87)90-36-43-27-29-44(30-28-43)69-58(80)46(25-20-32-68-63(67)86)70-59(81)51(37(2)3)72-57(79)45(66)24-18-19-31-65/h15-17,22-23,27-30,37-41,45-49,51-55H,14,18-21,24-26,31-36,65-66H2,1-13H3,(H,69,80)(H,70,81)(H,71,78)(H,72,79)(H,73,82)(H,84,85)(H3,67,68,86)/t40-,41+,45?,46?,47-,48-,49+,51?,52-,53?,54-,55+/m0/s1. The van der Waals surface area contributed by atoms with Crippen molar-refractivity contribution < 1.29 is 67.3 Å². The third-order valence-corrected chi connectivity index (χ3v) is 16.7. The second-order valence-corrected chi connectivity index (χ2v) is 24.6. The number of anilines is 1. The summed E-state index contributed by atoms with van der Waals surface area (Å²) in [6, 6.07) is 7.10. The molecule has 10 amide bonds. The minimum atomic E-state index is -1.19. The van der Waals surface area contributed by atoms with Crippen molar-refractivity contribution in [2.24, 2.45) is 46.8 Å². The molecule has 1 saturated heterocycles. The van der Waals surface area contributed by atoms with E-state index in [9.17, 15) is 53.1 Å². The number of nitrogens with zero attached hydrogens (tertiary/aromatic N) is 3. The first-order chi connectivity index (χ1) is 42.5. The zero-order chi connectivity index (χ0) is 67.5. The van der Waals surface area contributed by atoms with Gasteiger partial charge in [-0.05, 0) is 92.0 Å². The van der Waals surface area contributed by atoms with Gasteiger partial charge in [0, 0.05) is 53.5 Å². The number of primary amides is 1. The Labute approximate surface area is 531 Å². The Morgan fingerprint density at radius 3 is 1.88 bits per heavy atom. The first kappa shape index (κ1) is 76.8. The van der Waals surface area contributed by atoms with Crippen LogP contribution in [0.5, 0.6) is 0 Å². The molecule has 0 saturated carbocycles. The Balaban J connectivity index is 1.72. The topological polar surface area (TPSA) is 379 Å². The summed E-state index contributed by atoms with van der Waals surface area (Å²) in [7, 11) is 5.98. The smallest absolute Gasteiger partial charge is 0.410 e. The van der Waals surface area contributed by atoms with E-state index in [1.54, 1.807) is 109 Å². The second kappa shape index (κ2) is 38.3. The summed E-state index contributed by atoms with van der Waals surface area (Å²) in [5, 5.41) is 26.3. The van der Waals surface area contributed by atoms with Crippen LogP contribution in [0, 0.1) is 29.6 Å². The second-order valence-electron chi connectivity index (χ2n) is 24.6. The number of rotatable bonds is 38. The Bertz CT molecular complexity index is 2650. The summed E-state index contributed by atoms with van der Waals surface area (Å²) in [5.74, 6) is -7.02. The monoisotopic (exact) mass is 1260 g/mol. The predicted molar refractivity (Wildman–Crippen MR) is 341 cm³/mol. The molecule has 26 heteroatoms. The Morgan fingerprint density at radius 2 is 1.32 bits per heavy atom. The van der Waals surface area contributed by atoms with Crippen LogP contribution in [0.3, 0.4) is 0 Å². The molecular formula is C64H104N12O14. The highest BCUT2D eigenvalue weighted by molar-refractivity contribution is 5.99. The molecule has 26 nitrogen and oxygen atoms in total. The Hall–Kier alpha value is -7.42. The number of unbranched alkanes of at least 4 members (excludes halogenated alkanes) is 1. The van der Waals surface area contributed by atoms with Gasteiger partial charge in [-0.15, -0.1) is 0 Å². The van der Waals surface area contributed by atoms with Crippen LogP contribution in [0.4, 0.5) is 15.3 Å². The average Bonchev–Trinajstić information content (AvgIpc) is 1.52. The molecular weight excluding hydrogens is 1160 g/mol. The van der Waals surface area contributed by atoms with Crippen molar-refractivity contribution in [1.29, 1.82) is 0 Å². The van der Waals surface area contributed by atoms with Crippen molar-refractivity contribution in [3.05, 3.63) is 65.7 Å². The lowest BCUT2D eigenvalue weighted by Gasteiger charge is -2.41. The first-order valence-electron chi connectivity index (χ1n) is 31.4. The van der Waals surface area contributed by atoms with E-state index in [4.69, 9.17) is 31.4 Å². The van der Waals surface area contributed by atoms with Gasteiger partial charge in [0.25, 0.3) is 0 Å². The van der Waals surface area contributed by atoms with Crippen LogP contribution in [0.25, 0.3) is 0 Å².